The summed E-state index contributed by atoms with van der Waals surface area (Å²) in [6, 6.07) is 6.55. The molecule has 0 aliphatic carbocycles. The number of thiazole rings is 1. The van der Waals surface area contributed by atoms with Crippen molar-refractivity contribution in [2.45, 2.75) is 13.5 Å². The maximum Gasteiger partial charge on any atom is 0.387 e. The number of fused-ring (bicyclic) bond motifs is 1. The Morgan fingerprint density at radius 3 is 2.64 bits per heavy atom. The van der Waals surface area contributed by atoms with E-state index in [4.69, 9.17) is 4.74 Å². The average Bonchev–Trinajstić information content (AvgIpc) is 3.01. The van der Waals surface area contributed by atoms with Crippen LogP contribution < -0.4 is 14.8 Å². The molecule has 1 heterocycles. The molecule has 7 nitrogen and oxygen atoms in total. The van der Waals surface area contributed by atoms with Gasteiger partial charge in [0.1, 0.15) is 17.1 Å². The summed E-state index contributed by atoms with van der Waals surface area (Å²) < 4.78 is 34.8. The number of aromatic nitrogens is 1. The second kappa shape index (κ2) is 7.77. The van der Waals surface area contributed by atoms with Crippen molar-refractivity contribution < 1.29 is 33.0 Å². The van der Waals surface area contributed by atoms with E-state index in [9.17, 15) is 23.5 Å². The molecule has 146 valence electrons. The number of ether oxygens (including phenoxy) is 2. The number of benzene rings is 2. The minimum Gasteiger partial charge on any atom is -0.496 e. The van der Waals surface area contributed by atoms with Gasteiger partial charge in [-0.15, -0.1) is 11.3 Å². The van der Waals surface area contributed by atoms with Gasteiger partial charge in [-0.25, -0.2) is 9.78 Å². The van der Waals surface area contributed by atoms with Crippen molar-refractivity contribution in [2.24, 2.45) is 0 Å². The summed E-state index contributed by atoms with van der Waals surface area (Å²) in [4.78, 5) is 28.7. The Morgan fingerprint density at radius 2 is 2.00 bits per heavy atom. The predicted molar refractivity (Wildman–Crippen MR) is 98.9 cm³/mol. The average molecular weight is 408 g/mol. The van der Waals surface area contributed by atoms with Crippen LogP contribution in [0.3, 0.4) is 0 Å². The predicted octanol–water partition coefficient (Wildman–Crippen LogP) is 4.17. The number of carboxylic acids is 1. The standard InChI is InChI=1S/C18H14F2N2O5S/c1-8-21-12-5-6-13(26-2)14(15(12)28-8)16(23)22-11-4-3-9(27-18(19)20)7-10(11)17(24)25/h3-7,18H,1-2H3,(H,22,23)(H,24,25). The molecule has 2 aromatic carbocycles. The van der Waals surface area contributed by atoms with E-state index < -0.39 is 24.1 Å². The van der Waals surface area contributed by atoms with Crippen LogP contribution in [0.5, 0.6) is 11.5 Å². The molecule has 0 saturated carbocycles. The largest absolute Gasteiger partial charge is 0.496 e. The van der Waals surface area contributed by atoms with E-state index in [2.05, 4.69) is 15.0 Å². The summed E-state index contributed by atoms with van der Waals surface area (Å²) in [6.45, 7) is -1.30. The number of methoxy groups -OCH3 is 1. The lowest BCUT2D eigenvalue weighted by Gasteiger charge is -2.13. The second-order valence-corrected chi connectivity index (χ2v) is 6.77. The molecular formula is C18H14F2N2O5S. The van der Waals surface area contributed by atoms with E-state index in [1.807, 2.05) is 0 Å². The number of carbonyl (C=O) groups excluding carboxylic acids is 1. The van der Waals surface area contributed by atoms with Gasteiger partial charge in [0.05, 0.1) is 33.6 Å². The first-order valence-corrected chi connectivity index (χ1v) is 8.69. The number of carbonyl (C=O) groups is 2. The SMILES string of the molecule is COc1ccc2nc(C)sc2c1C(=O)Nc1ccc(OC(F)F)cc1C(=O)O. The number of hydrogen-bond acceptors (Lipinski definition) is 6. The number of halogens is 2. The van der Waals surface area contributed by atoms with Crippen LogP contribution in [0.15, 0.2) is 30.3 Å². The van der Waals surface area contributed by atoms with Crippen LogP contribution in [-0.2, 0) is 0 Å². The number of nitrogens with zero attached hydrogens (tertiary/aromatic N) is 1. The number of amides is 1. The molecule has 0 radical (unpaired) electrons. The molecule has 1 amide bonds. The summed E-state index contributed by atoms with van der Waals surface area (Å²) >= 11 is 1.30. The monoisotopic (exact) mass is 408 g/mol. The molecule has 28 heavy (non-hydrogen) atoms. The zero-order chi connectivity index (χ0) is 20.4. The molecule has 0 bridgehead atoms. The summed E-state index contributed by atoms with van der Waals surface area (Å²) in [5.41, 5.74) is 0.347. The Bertz CT molecular complexity index is 1070. The van der Waals surface area contributed by atoms with Crippen molar-refractivity contribution in [3.8, 4) is 11.5 Å². The molecule has 2 N–H and O–H groups in total. The number of rotatable bonds is 6. The van der Waals surface area contributed by atoms with E-state index >= 15 is 0 Å². The molecule has 10 heteroatoms. The number of alkyl halides is 2. The third-order valence-corrected chi connectivity index (χ3v) is 4.77. The Hall–Kier alpha value is -3.27. The number of anilines is 1. The molecule has 0 saturated heterocycles. The van der Waals surface area contributed by atoms with Crippen molar-refractivity contribution in [2.75, 3.05) is 12.4 Å². The van der Waals surface area contributed by atoms with E-state index in [1.165, 1.54) is 24.5 Å². The summed E-state index contributed by atoms with van der Waals surface area (Å²) in [6.07, 6.45) is 0. The summed E-state index contributed by atoms with van der Waals surface area (Å²) in [7, 11) is 1.41. The van der Waals surface area contributed by atoms with Crippen molar-refractivity contribution in [3.05, 3.63) is 46.5 Å². The minimum atomic E-state index is -3.10. The Kier molecular flexibility index (Phi) is 5.41. The lowest BCUT2D eigenvalue weighted by Crippen LogP contribution is -2.16. The zero-order valence-electron chi connectivity index (χ0n) is 14.7. The van der Waals surface area contributed by atoms with Crippen LogP contribution in [0.2, 0.25) is 0 Å². The first-order chi connectivity index (χ1) is 13.3. The van der Waals surface area contributed by atoms with E-state index in [-0.39, 0.29) is 17.0 Å². The highest BCUT2D eigenvalue weighted by Crippen LogP contribution is 2.33. The third-order valence-electron chi connectivity index (χ3n) is 3.77. The van der Waals surface area contributed by atoms with Gasteiger partial charge in [-0.2, -0.15) is 8.78 Å². The second-order valence-electron chi connectivity index (χ2n) is 5.57. The van der Waals surface area contributed by atoms with E-state index in [0.717, 1.165) is 17.1 Å². The first-order valence-electron chi connectivity index (χ1n) is 7.87. The molecule has 0 fully saturated rings. The molecule has 0 aliphatic rings. The summed E-state index contributed by atoms with van der Waals surface area (Å²) in [5, 5.41) is 12.6. The van der Waals surface area contributed by atoms with Crippen molar-refractivity contribution in [3.63, 3.8) is 0 Å². The highest BCUT2D eigenvalue weighted by atomic mass is 32.1. The smallest absolute Gasteiger partial charge is 0.387 e. The van der Waals surface area contributed by atoms with Gasteiger partial charge in [0.25, 0.3) is 5.91 Å². The third kappa shape index (κ3) is 3.86. The quantitative estimate of drug-likeness (QED) is 0.636. The number of aromatic carboxylic acids is 1. The van der Waals surface area contributed by atoms with Gasteiger partial charge in [-0.3, -0.25) is 4.79 Å². The maximum absolute atomic E-state index is 12.9. The van der Waals surface area contributed by atoms with Crippen molar-refractivity contribution in [1.29, 1.82) is 0 Å². The maximum atomic E-state index is 12.9. The van der Waals surface area contributed by atoms with E-state index in [0.29, 0.717) is 16.0 Å². The Labute approximate surface area is 161 Å². The Balaban J connectivity index is 2.02. The normalized spacial score (nSPS) is 10.9. The van der Waals surface area contributed by atoms with Gasteiger partial charge in [-0.1, -0.05) is 0 Å². The highest BCUT2D eigenvalue weighted by molar-refractivity contribution is 7.19. The zero-order valence-corrected chi connectivity index (χ0v) is 15.5. The molecule has 1 aromatic heterocycles. The van der Waals surface area contributed by atoms with Gasteiger partial charge < -0.3 is 19.9 Å². The highest BCUT2D eigenvalue weighted by Gasteiger charge is 2.22. The molecule has 0 aliphatic heterocycles. The van der Waals surface area contributed by atoms with Crippen LogP contribution in [-0.4, -0.2) is 35.7 Å². The van der Waals surface area contributed by atoms with Crippen LogP contribution in [0.1, 0.15) is 25.7 Å². The van der Waals surface area contributed by atoms with Crippen molar-refractivity contribution >= 4 is 39.1 Å². The van der Waals surface area contributed by atoms with Gasteiger partial charge >= 0.3 is 12.6 Å². The van der Waals surface area contributed by atoms with Gasteiger partial charge in [0.2, 0.25) is 0 Å². The van der Waals surface area contributed by atoms with Crippen LogP contribution in [0.25, 0.3) is 10.2 Å². The van der Waals surface area contributed by atoms with E-state index in [1.54, 1.807) is 19.1 Å². The topological polar surface area (TPSA) is 97.8 Å². The minimum absolute atomic E-state index is 0.0700. The first kappa shape index (κ1) is 19.5. The van der Waals surface area contributed by atoms with Gasteiger partial charge in [-0.05, 0) is 37.3 Å². The van der Waals surface area contributed by atoms with Crippen molar-refractivity contribution in [1.82, 2.24) is 4.98 Å². The summed E-state index contributed by atoms with van der Waals surface area (Å²) in [5.74, 6) is -2.06. The number of nitrogens with one attached hydrogen (secondary N) is 1. The fourth-order valence-corrected chi connectivity index (χ4v) is 3.59. The molecule has 3 rings (SSSR count). The molecule has 3 aromatic rings. The van der Waals surface area contributed by atoms with Gasteiger partial charge in [0, 0.05) is 0 Å². The fraction of sp³-hybridized carbons (Fsp3) is 0.167. The molecule has 0 spiro atoms. The molecule has 0 atom stereocenters. The van der Waals surface area contributed by atoms with Crippen LogP contribution in [0.4, 0.5) is 14.5 Å². The lowest BCUT2D eigenvalue weighted by atomic mass is 10.1. The van der Waals surface area contributed by atoms with Gasteiger partial charge in [0.15, 0.2) is 0 Å². The number of aryl methyl sites for hydroxylation is 1. The van der Waals surface area contributed by atoms with Crippen LogP contribution in [0, 0.1) is 6.92 Å². The number of hydrogen-bond donors (Lipinski definition) is 2. The molecular weight excluding hydrogens is 394 g/mol. The lowest BCUT2D eigenvalue weighted by molar-refractivity contribution is -0.0499. The molecule has 0 unspecified atom stereocenters. The Morgan fingerprint density at radius 1 is 1.25 bits per heavy atom. The van der Waals surface area contributed by atoms with Crippen LogP contribution >= 0.6 is 11.3 Å². The number of carboxylic acid groups (broad SMARTS) is 1. The fourth-order valence-electron chi connectivity index (χ4n) is 2.64.